The standard InChI is InChI=1S/C15H14ClN3O/c1-2-20-12-6-5-10-13(14(12)16)15(18)9-4-3-8(17)7-11(9)19-10/h3-7H,2,17H2,1H3,(H2,18,19). The molecule has 102 valence electrons. The Hall–Kier alpha value is -2.20. The first kappa shape index (κ1) is 12.8. The molecule has 0 aliphatic rings. The van der Waals surface area contributed by atoms with Crippen LogP contribution < -0.4 is 16.2 Å². The number of rotatable bonds is 2. The third kappa shape index (κ3) is 1.89. The van der Waals surface area contributed by atoms with Gasteiger partial charge in [-0.1, -0.05) is 11.6 Å². The number of hydrogen-bond donors (Lipinski definition) is 2. The van der Waals surface area contributed by atoms with E-state index in [1.165, 1.54) is 0 Å². The van der Waals surface area contributed by atoms with Crippen LogP contribution in [0.15, 0.2) is 30.3 Å². The second kappa shape index (κ2) is 4.72. The van der Waals surface area contributed by atoms with Crippen LogP contribution >= 0.6 is 11.6 Å². The van der Waals surface area contributed by atoms with Crippen LogP contribution in [0, 0.1) is 0 Å². The van der Waals surface area contributed by atoms with Crippen LogP contribution in [-0.2, 0) is 0 Å². The van der Waals surface area contributed by atoms with E-state index in [1.807, 2.05) is 19.1 Å². The van der Waals surface area contributed by atoms with Gasteiger partial charge in [0, 0.05) is 16.5 Å². The summed E-state index contributed by atoms with van der Waals surface area (Å²) in [4.78, 5) is 4.56. The third-order valence-electron chi connectivity index (χ3n) is 3.21. The minimum absolute atomic E-state index is 0.494. The Labute approximate surface area is 121 Å². The molecule has 1 aromatic heterocycles. The van der Waals surface area contributed by atoms with E-state index < -0.39 is 0 Å². The van der Waals surface area contributed by atoms with Crippen molar-refractivity contribution in [3.05, 3.63) is 35.4 Å². The Bertz CT molecular complexity index is 817. The zero-order valence-electron chi connectivity index (χ0n) is 11.0. The zero-order valence-corrected chi connectivity index (χ0v) is 11.7. The summed E-state index contributed by atoms with van der Waals surface area (Å²) < 4.78 is 5.50. The molecule has 0 aliphatic carbocycles. The molecule has 0 aliphatic heterocycles. The van der Waals surface area contributed by atoms with E-state index in [0.29, 0.717) is 28.8 Å². The SMILES string of the molecule is CCOc1ccc2nc3cc(N)ccc3c(N)c2c1Cl. The van der Waals surface area contributed by atoms with Gasteiger partial charge in [-0.2, -0.15) is 0 Å². The second-order valence-corrected chi connectivity index (χ2v) is 4.88. The number of halogens is 1. The fourth-order valence-electron chi connectivity index (χ4n) is 2.30. The first-order valence-electron chi connectivity index (χ1n) is 6.31. The number of nitrogens with zero attached hydrogens (tertiary/aromatic N) is 1. The van der Waals surface area contributed by atoms with Gasteiger partial charge in [-0.3, -0.25) is 0 Å². The molecule has 3 rings (SSSR count). The molecule has 0 amide bonds. The summed E-state index contributed by atoms with van der Waals surface area (Å²) in [6, 6.07) is 9.11. The van der Waals surface area contributed by atoms with E-state index in [4.69, 9.17) is 27.8 Å². The highest BCUT2D eigenvalue weighted by atomic mass is 35.5. The van der Waals surface area contributed by atoms with Crippen LogP contribution in [-0.4, -0.2) is 11.6 Å². The molecule has 0 fully saturated rings. The Morgan fingerprint density at radius 1 is 1.15 bits per heavy atom. The number of pyridine rings is 1. The van der Waals surface area contributed by atoms with E-state index in [2.05, 4.69) is 4.98 Å². The number of nitrogens with two attached hydrogens (primary N) is 2. The molecule has 5 heteroatoms. The lowest BCUT2D eigenvalue weighted by Gasteiger charge is -2.12. The smallest absolute Gasteiger partial charge is 0.138 e. The minimum Gasteiger partial charge on any atom is -0.492 e. The summed E-state index contributed by atoms with van der Waals surface area (Å²) in [6.07, 6.45) is 0. The molecule has 0 unspecified atom stereocenters. The van der Waals surface area contributed by atoms with Gasteiger partial charge in [-0.05, 0) is 37.3 Å². The van der Waals surface area contributed by atoms with Gasteiger partial charge >= 0.3 is 0 Å². The summed E-state index contributed by atoms with van der Waals surface area (Å²) in [7, 11) is 0. The van der Waals surface area contributed by atoms with Gasteiger partial charge in [0.25, 0.3) is 0 Å². The van der Waals surface area contributed by atoms with Crippen molar-refractivity contribution in [2.45, 2.75) is 6.92 Å². The first-order chi connectivity index (χ1) is 9.61. The monoisotopic (exact) mass is 287 g/mol. The van der Waals surface area contributed by atoms with E-state index >= 15 is 0 Å². The highest BCUT2D eigenvalue weighted by Crippen LogP contribution is 2.38. The number of fused-ring (bicyclic) bond motifs is 2. The second-order valence-electron chi connectivity index (χ2n) is 4.51. The van der Waals surface area contributed by atoms with Gasteiger partial charge in [-0.15, -0.1) is 0 Å². The fraction of sp³-hybridized carbons (Fsp3) is 0.133. The molecule has 0 bridgehead atoms. The molecular weight excluding hydrogens is 274 g/mol. The van der Waals surface area contributed by atoms with E-state index in [9.17, 15) is 0 Å². The third-order valence-corrected chi connectivity index (χ3v) is 3.58. The molecule has 0 saturated carbocycles. The van der Waals surface area contributed by atoms with Crippen LogP contribution in [0.1, 0.15) is 6.92 Å². The largest absolute Gasteiger partial charge is 0.492 e. The summed E-state index contributed by atoms with van der Waals surface area (Å²) in [5, 5.41) is 2.05. The number of aromatic nitrogens is 1. The van der Waals surface area contributed by atoms with Crippen molar-refractivity contribution in [1.29, 1.82) is 0 Å². The predicted molar refractivity (Wildman–Crippen MR) is 84.3 cm³/mol. The Morgan fingerprint density at radius 2 is 1.95 bits per heavy atom. The molecule has 1 heterocycles. The molecule has 3 aromatic rings. The number of benzene rings is 2. The summed E-state index contributed by atoms with van der Waals surface area (Å²) in [5.74, 6) is 0.616. The van der Waals surface area contributed by atoms with Gasteiger partial charge in [0.2, 0.25) is 0 Å². The lowest BCUT2D eigenvalue weighted by molar-refractivity contribution is 0.341. The maximum atomic E-state index is 6.39. The molecule has 4 N–H and O–H groups in total. The fourth-order valence-corrected chi connectivity index (χ4v) is 2.61. The topological polar surface area (TPSA) is 74.2 Å². The highest BCUT2D eigenvalue weighted by molar-refractivity contribution is 6.38. The predicted octanol–water partition coefficient (Wildman–Crippen LogP) is 3.60. The van der Waals surface area contributed by atoms with Crippen molar-refractivity contribution in [3.8, 4) is 5.75 Å². The Kier molecular flexibility index (Phi) is 3.03. The maximum absolute atomic E-state index is 6.39. The van der Waals surface area contributed by atoms with E-state index in [0.717, 1.165) is 21.8 Å². The molecule has 0 atom stereocenters. The van der Waals surface area contributed by atoms with Crippen LogP contribution in [0.2, 0.25) is 5.02 Å². The average Bonchev–Trinajstić information content (AvgIpc) is 2.41. The average molecular weight is 288 g/mol. The number of hydrogen-bond acceptors (Lipinski definition) is 4. The van der Waals surface area contributed by atoms with Crippen molar-refractivity contribution in [2.75, 3.05) is 18.1 Å². The molecule has 0 spiro atoms. The van der Waals surface area contributed by atoms with Gasteiger partial charge in [0.1, 0.15) is 5.75 Å². The first-order valence-corrected chi connectivity index (χ1v) is 6.69. The quantitative estimate of drug-likeness (QED) is 0.558. The maximum Gasteiger partial charge on any atom is 0.138 e. The Morgan fingerprint density at radius 3 is 2.70 bits per heavy atom. The molecule has 0 radical (unpaired) electrons. The lowest BCUT2D eigenvalue weighted by Crippen LogP contribution is -1.97. The van der Waals surface area contributed by atoms with Crippen molar-refractivity contribution in [3.63, 3.8) is 0 Å². The summed E-state index contributed by atoms with van der Waals surface area (Å²) in [5.41, 5.74) is 14.8. The van der Waals surface area contributed by atoms with Crippen molar-refractivity contribution < 1.29 is 4.74 Å². The summed E-state index contributed by atoms with van der Waals surface area (Å²) in [6.45, 7) is 2.45. The van der Waals surface area contributed by atoms with Crippen LogP contribution in [0.5, 0.6) is 5.75 Å². The van der Waals surface area contributed by atoms with Gasteiger partial charge in [-0.25, -0.2) is 4.98 Å². The number of nitrogen functional groups attached to an aromatic ring is 2. The number of ether oxygens (including phenoxy) is 1. The van der Waals surface area contributed by atoms with Crippen molar-refractivity contribution in [2.24, 2.45) is 0 Å². The van der Waals surface area contributed by atoms with Crippen molar-refractivity contribution >= 4 is 44.8 Å². The van der Waals surface area contributed by atoms with Crippen molar-refractivity contribution in [1.82, 2.24) is 4.98 Å². The van der Waals surface area contributed by atoms with Gasteiger partial charge < -0.3 is 16.2 Å². The summed E-state index contributed by atoms with van der Waals surface area (Å²) >= 11 is 6.39. The Balaban J connectivity index is 2.41. The number of anilines is 2. The molecule has 0 saturated heterocycles. The van der Waals surface area contributed by atoms with Crippen LogP contribution in [0.25, 0.3) is 21.8 Å². The normalized spacial score (nSPS) is 11.1. The molecule has 2 aromatic carbocycles. The molecular formula is C15H14ClN3O. The minimum atomic E-state index is 0.494. The zero-order chi connectivity index (χ0) is 14.3. The van der Waals surface area contributed by atoms with Gasteiger partial charge in [0.15, 0.2) is 0 Å². The highest BCUT2D eigenvalue weighted by Gasteiger charge is 2.13. The molecule has 4 nitrogen and oxygen atoms in total. The van der Waals surface area contributed by atoms with E-state index in [1.54, 1.807) is 18.2 Å². The lowest BCUT2D eigenvalue weighted by atomic mass is 10.1. The van der Waals surface area contributed by atoms with Crippen LogP contribution in [0.3, 0.4) is 0 Å². The van der Waals surface area contributed by atoms with E-state index in [-0.39, 0.29) is 0 Å². The van der Waals surface area contributed by atoms with Crippen LogP contribution in [0.4, 0.5) is 11.4 Å². The van der Waals surface area contributed by atoms with Gasteiger partial charge in [0.05, 0.1) is 28.4 Å². The molecule has 20 heavy (non-hydrogen) atoms.